The predicted octanol–water partition coefficient (Wildman–Crippen LogP) is 1.87. The van der Waals surface area contributed by atoms with Gasteiger partial charge >= 0.3 is 6.03 Å². The lowest BCUT2D eigenvalue weighted by molar-refractivity contribution is 0.112. The Bertz CT molecular complexity index is 359. The highest BCUT2D eigenvalue weighted by Gasteiger charge is 2.22. The molecular formula is C13H18N2O2. The summed E-state index contributed by atoms with van der Waals surface area (Å²) in [6, 6.07) is 9.84. The number of rotatable bonds is 2. The predicted molar refractivity (Wildman–Crippen MR) is 66.1 cm³/mol. The number of nitrogens with one attached hydrogen (secondary N) is 1. The Morgan fingerprint density at radius 1 is 1.29 bits per heavy atom. The molecule has 0 atom stereocenters. The minimum atomic E-state index is 0.00293. The molecule has 17 heavy (non-hydrogen) atoms. The highest BCUT2D eigenvalue weighted by atomic mass is 16.5. The van der Waals surface area contributed by atoms with Gasteiger partial charge in [-0.15, -0.1) is 0 Å². The Hall–Kier alpha value is -1.71. The van der Waals surface area contributed by atoms with E-state index in [9.17, 15) is 4.79 Å². The number of nitrogens with zero attached hydrogens (tertiary/aromatic N) is 1. The monoisotopic (exact) mass is 234 g/mol. The van der Waals surface area contributed by atoms with Gasteiger partial charge in [0.05, 0.1) is 0 Å². The van der Waals surface area contributed by atoms with Crippen LogP contribution in [0.25, 0.3) is 0 Å². The summed E-state index contributed by atoms with van der Waals surface area (Å²) >= 11 is 0. The van der Waals surface area contributed by atoms with Crippen LogP contribution in [0.4, 0.5) is 4.79 Å². The summed E-state index contributed by atoms with van der Waals surface area (Å²) in [7, 11) is 1.66. The number of likely N-dealkylation sites (tertiary alicyclic amines) is 1. The molecule has 0 aromatic heterocycles. The Morgan fingerprint density at radius 3 is 2.53 bits per heavy atom. The molecule has 4 heteroatoms. The lowest BCUT2D eigenvalue weighted by Crippen LogP contribution is -2.45. The molecule has 1 heterocycles. The highest BCUT2D eigenvalue weighted by molar-refractivity contribution is 5.73. The van der Waals surface area contributed by atoms with Crippen LogP contribution in [-0.4, -0.2) is 37.2 Å². The Morgan fingerprint density at radius 2 is 1.94 bits per heavy atom. The summed E-state index contributed by atoms with van der Waals surface area (Å²) in [4.78, 5) is 13.2. The number of amides is 2. The highest BCUT2D eigenvalue weighted by Crippen LogP contribution is 2.18. The van der Waals surface area contributed by atoms with E-state index in [1.807, 2.05) is 35.2 Å². The number of carbonyl (C=O) groups excluding carboxylic acids is 1. The van der Waals surface area contributed by atoms with Gasteiger partial charge in [-0.2, -0.15) is 0 Å². The van der Waals surface area contributed by atoms with Crippen molar-refractivity contribution in [1.29, 1.82) is 0 Å². The first-order valence-electron chi connectivity index (χ1n) is 5.98. The number of hydrogen-bond acceptors (Lipinski definition) is 2. The van der Waals surface area contributed by atoms with Gasteiger partial charge in [0.25, 0.3) is 0 Å². The van der Waals surface area contributed by atoms with Crippen LogP contribution < -0.4 is 10.1 Å². The molecule has 2 rings (SSSR count). The molecule has 1 aromatic rings. The van der Waals surface area contributed by atoms with Crippen molar-refractivity contribution in [3.63, 3.8) is 0 Å². The molecule has 0 spiro atoms. The van der Waals surface area contributed by atoms with E-state index in [4.69, 9.17) is 4.74 Å². The topological polar surface area (TPSA) is 41.6 Å². The average molecular weight is 234 g/mol. The maximum absolute atomic E-state index is 11.4. The first kappa shape index (κ1) is 11.8. The molecule has 1 saturated heterocycles. The quantitative estimate of drug-likeness (QED) is 0.848. The van der Waals surface area contributed by atoms with Crippen LogP contribution in [0.5, 0.6) is 5.75 Å². The standard InChI is InChI=1S/C13H18N2O2/c1-14-13(16)15-9-7-12(8-10-15)17-11-5-3-2-4-6-11/h2-6,12H,7-10H2,1H3,(H,14,16). The zero-order valence-electron chi connectivity index (χ0n) is 10.1. The van der Waals surface area contributed by atoms with Crippen LogP contribution in [0.1, 0.15) is 12.8 Å². The molecule has 1 fully saturated rings. The zero-order chi connectivity index (χ0) is 12.1. The summed E-state index contributed by atoms with van der Waals surface area (Å²) in [5.41, 5.74) is 0. The second-order valence-corrected chi connectivity index (χ2v) is 4.17. The van der Waals surface area contributed by atoms with Gasteiger partial charge in [0, 0.05) is 33.0 Å². The third-order valence-corrected chi connectivity index (χ3v) is 2.99. The van der Waals surface area contributed by atoms with Crippen LogP contribution in [0, 0.1) is 0 Å². The molecule has 1 aliphatic rings. The van der Waals surface area contributed by atoms with Gasteiger partial charge in [0.1, 0.15) is 11.9 Å². The van der Waals surface area contributed by atoms with E-state index < -0.39 is 0 Å². The van der Waals surface area contributed by atoms with Gasteiger partial charge in [0.15, 0.2) is 0 Å². The molecule has 1 aromatic carbocycles. The van der Waals surface area contributed by atoms with Crippen molar-refractivity contribution in [2.24, 2.45) is 0 Å². The molecule has 1 aliphatic heterocycles. The van der Waals surface area contributed by atoms with Gasteiger partial charge in [-0.3, -0.25) is 0 Å². The van der Waals surface area contributed by atoms with E-state index in [1.54, 1.807) is 7.05 Å². The molecule has 1 N–H and O–H groups in total. The van der Waals surface area contributed by atoms with E-state index in [0.29, 0.717) is 0 Å². The van der Waals surface area contributed by atoms with E-state index in [0.717, 1.165) is 31.7 Å². The Labute approximate surface area is 102 Å². The number of hydrogen-bond donors (Lipinski definition) is 1. The van der Waals surface area contributed by atoms with E-state index in [-0.39, 0.29) is 12.1 Å². The fourth-order valence-electron chi connectivity index (χ4n) is 2.03. The van der Waals surface area contributed by atoms with Gasteiger partial charge < -0.3 is 15.0 Å². The molecule has 0 saturated carbocycles. The average Bonchev–Trinajstić information content (AvgIpc) is 2.40. The minimum absolute atomic E-state index is 0.00293. The Kier molecular flexibility index (Phi) is 3.85. The van der Waals surface area contributed by atoms with Gasteiger partial charge in [0.2, 0.25) is 0 Å². The summed E-state index contributed by atoms with van der Waals surface area (Å²) < 4.78 is 5.86. The first-order valence-corrected chi connectivity index (χ1v) is 5.98. The van der Waals surface area contributed by atoms with Gasteiger partial charge in [-0.05, 0) is 12.1 Å². The maximum atomic E-state index is 11.4. The van der Waals surface area contributed by atoms with Gasteiger partial charge in [-0.1, -0.05) is 18.2 Å². The van der Waals surface area contributed by atoms with Crippen LogP contribution >= 0.6 is 0 Å². The van der Waals surface area contributed by atoms with Crippen molar-refractivity contribution < 1.29 is 9.53 Å². The van der Waals surface area contributed by atoms with Crippen molar-refractivity contribution >= 4 is 6.03 Å². The fraction of sp³-hybridized carbons (Fsp3) is 0.462. The third kappa shape index (κ3) is 3.12. The molecule has 0 radical (unpaired) electrons. The van der Waals surface area contributed by atoms with Crippen LogP contribution in [-0.2, 0) is 0 Å². The number of benzene rings is 1. The van der Waals surface area contributed by atoms with Crippen molar-refractivity contribution in [3.05, 3.63) is 30.3 Å². The molecule has 0 bridgehead atoms. The van der Waals surface area contributed by atoms with Crippen molar-refractivity contribution in [2.45, 2.75) is 18.9 Å². The number of ether oxygens (including phenoxy) is 1. The lowest BCUT2D eigenvalue weighted by atomic mass is 10.1. The maximum Gasteiger partial charge on any atom is 0.317 e. The molecule has 0 unspecified atom stereocenters. The fourth-order valence-corrected chi connectivity index (χ4v) is 2.03. The lowest BCUT2D eigenvalue weighted by Gasteiger charge is -2.31. The second kappa shape index (κ2) is 5.57. The van der Waals surface area contributed by atoms with Crippen LogP contribution in [0.15, 0.2) is 30.3 Å². The number of piperidine rings is 1. The number of carbonyl (C=O) groups is 1. The number of urea groups is 1. The molecule has 4 nitrogen and oxygen atoms in total. The van der Waals surface area contributed by atoms with E-state index in [2.05, 4.69) is 5.32 Å². The summed E-state index contributed by atoms with van der Waals surface area (Å²) in [6.45, 7) is 1.52. The molecular weight excluding hydrogens is 216 g/mol. The van der Waals surface area contributed by atoms with Crippen molar-refractivity contribution in [1.82, 2.24) is 10.2 Å². The number of para-hydroxylation sites is 1. The van der Waals surface area contributed by atoms with Crippen LogP contribution in [0.3, 0.4) is 0 Å². The third-order valence-electron chi connectivity index (χ3n) is 2.99. The van der Waals surface area contributed by atoms with Crippen molar-refractivity contribution in [2.75, 3.05) is 20.1 Å². The summed E-state index contributed by atoms with van der Waals surface area (Å²) in [6.07, 6.45) is 2.00. The minimum Gasteiger partial charge on any atom is -0.490 e. The SMILES string of the molecule is CNC(=O)N1CCC(Oc2ccccc2)CC1. The molecule has 92 valence electrons. The first-order chi connectivity index (χ1) is 8.29. The molecule has 0 aliphatic carbocycles. The summed E-state index contributed by atoms with van der Waals surface area (Å²) in [5, 5.41) is 2.65. The largest absolute Gasteiger partial charge is 0.490 e. The smallest absolute Gasteiger partial charge is 0.317 e. The zero-order valence-corrected chi connectivity index (χ0v) is 10.1. The van der Waals surface area contributed by atoms with Crippen molar-refractivity contribution in [3.8, 4) is 5.75 Å². The Balaban J connectivity index is 1.82. The molecule has 2 amide bonds. The summed E-state index contributed by atoms with van der Waals surface area (Å²) in [5.74, 6) is 0.908. The van der Waals surface area contributed by atoms with E-state index in [1.165, 1.54) is 0 Å². The van der Waals surface area contributed by atoms with Crippen LogP contribution in [0.2, 0.25) is 0 Å². The van der Waals surface area contributed by atoms with E-state index >= 15 is 0 Å². The second-order valence-electron chi connectivity index (χ2n) is 4.17. The van der Waals surface area contributed by atoms with Gasteiger partial charge in [-0.25, -0.2) is 4.79 Å². The normalized spacial score (nSPS) is 16.6.